The van der Waals surface area contributed by atoms with Crippen molar-refractivity contribution in [1.29, 1.82) is 0 Å². The van der Waals surface area contributed by atoms with Crippen molar-refractivity contribution in [3.63, 3.8) is 0 Å². The van der Waals surface area contributed by atoms with Gasteiger partial charge in [-0.1, -0.05) is 17.8 Å². The fourth-order valence-electron chi connectivity index (χ4n) is 1.62. The van der Waals surface area contributed by atoms with Gasteiger partial charge in [0.15, 0.2) is 0 Å². The molecule has 2 nitrogen and oxygen atoms in total. The molecule has 0 aromatic heterocycles. The summed E-state index contributed by atoms with van der Waals surface area (Å²) in [6.07, 6.45) is -4.62. The molecule has 0 aliphatic carbocycles. The molecule has 0 bridgehead atoms. The number of hydrogen-bond acceptors (Lipinski definition) is 2. The minimum absolute atomic E-state index is 0.112. The van der Waals surface area contributed by atoms with Crippen molar-refractivity contribution in [2.45, 2.75) is 16.0 Å². The Morgan fingerprint density at radius 2 is 1.81 bits per heavy atom. The van der Waals surface area contributed by atoms with Gasteiger partial charge in [-0.2, -0.15) is 13.2 Å². The topological polar surface area (TPSA) is 37.3 Å². The Balaban J connectivity index is 2.42. The van der Waals surface area contributed by atoms with Crippen LogP contribution >= 0.6 is 11.8 Å². The van der Waals surface area contributed by atoms with E-state index in [1.54, 1.807) is 0 Å². The average molecular weight is 316 g/mol. The largest absolute Gasteiger partial charge is 0.478 e. The van der Waals surface area contributed by atoms with E-state index in [4.69, 9.17) is 5.11 Å². The van der Waals surface area contributed by atoms with Crippen LogP contribution in [0.5, 0.6) is 0 Å². The lowest BCUT2D eigenvalue weighted by Crippen LogP contribution is -2.08. The highest BCUT2D eigenvalue weighted by molar-refractivity contribution is 7.99. The smallest absolute Gasteiger partial charge is 0.416 e. The fraction of sp³-hybridized carbons (Fsp3) is 0.0714. The van der Waals surface area contributed by atoms with Gasteiger partial charge in [0, 0.05) is 9.79 Å². The van der Waals surface area contributed by atoms with Gasteiger partial charge in [-0.25, -0.2) is 9.18 Å². The number of hydrogen-bond donors (Lipinski definition) is 1. The van der Waals surface area contributed by atoms with Gasteiger partial charge >= 0.3 is 12.1 Å². The first-order valence-electron chi connectivity index (χ1n) is 5.65. The van der Waals surface area contributed by atoms with E-state index in [1.165, 1.54) is 24.3 Å². The standard InChI is InChI=1S/C14H8F4O2S/c15-9-2-1-3-10(7-9)21-12-5-4-8(14(16,17)18)6-11(12)13(19)20/h1-7H,(H,19,20). The number of alkyl halides is 3. The molecule has 0 saturated carbocycles. The van der Waals surface area contributed by atoms with Gasteiger partial charge in [-0.3, -0.25) is 0 Å². The average Bonchev–Trinajstić information content (AvgIpc) is 2.37. The van der Waals surface area contributed by atoms with Gasteiger partial charge in [0.05, 0.1) is 11.1 Å². The molecule has 0 spiro atoms. The second-order valence-corrected chi connectivity index (χ2v) is 5.19. The lowest BCUT2D eigenvalue weighted by atomic mass is 10.1. The zero-order valence-electron chi connectivity index (χ0n) is 10.3. The van der Waals surface area contributed by atoms with Crippen molar-refractivity contribution in [1.82, 2.24) is 0 Å². The highest BCUT2D eigenvalue weighted by Gasteiger charge is 2.31. The molecule has 7 heteroatoms. The molecule has 0 aliphatic rings. The molecule has 0 heterocycles. The number of benzene rings is 2. The second-order valence-electron chi connectivity index (χ2n) is 4.07. The van der Waals surface area contributed by atoms with Gasteiger partial charge in [0.25, 0.3) is 0 Å². The molecule has 0 saturated heterocycles. The van der Waals surface area contributed by atoms with Crippen LogP contribution in [0, 0.1) is 5.82 Å². The van der Waals surface area contributed by atoms with Crippen LogP contribution in [0.4, 0.5) is 17.6 Å². The summed E-state index contributed by atoms with van der Waals surface area (Å²) in [4.78, 5) is 11.6. The van der Waals surface area contributed by atoms with Crippen LogP contribution in [-0.2, 0) is 6.18 Å². The van der Waals surface area contributed by atoms with Gasteiger partial charge < -0.3 is 5.11 Å². The van der Waals surface area contributed by atoms with Gasteiger partial charge in [-0.05, 0) is 36.4 Å². The van der Waals surface area contributed by atoms with Crippen molar-refractivity contribution in [2.24, 2.45) is 0 Å². The van der Waals surface area contributed by atoms with Crippen LogP contribution in [-0.4, -0.2) is 11.1 Å². The maximum Gasteiger partial charge on any atom is 0.416 e. The summed E-state index contributed by atoms with van der Waals surface area (Å²) in [7, 11) is 0. The number of carboxylic acids is 1. The predicted molar refractivity (Wildman–Crippen MR) is 68.9 cm³/mol. The molecule has 110 valence electrons. The van der Waals surface area contributed by atoms with E-state index in [0.29, 0.717) is 11.0 Å². The lowest BCUT2D eigenvalue weighted by Gasteiger charge is -2.11. The third-order valence-corrected chi connectivity index (χ3v) is 3.63. The van der Waals surface area contributed by atoms with E-state index in [0.717, 1.165) is 23.9 Å². The second kappa shape index (κ2) is 5.77. The SMILES string of the molecule is O=C(O)c1cc(C(F)(F)F)ccc1Sc1cccc(F)c1. The molecular weight excluding hydrogens is 308 g/mol. The number of carboxylic acid groups (broad SMARTS) is 1. The summed E-state index contributed by atoms with van der Waals surface area (Å²) in [6.45, 7) is 0. The van der Waals surface area contributed by atoms with Crippen LogP contribution < -0.4 is 0 Å². The van der Waals surface area contributed by atoms with Crippen LogP contribution in [0.1, 0.15) is 15.9 Å². The minimum Gasteiger partial charge on any atom is -0.478 e. The van der Waals surface area contributed by atoms with Crippen molar-refractivity contribution < 1.29 is 27.5 Å². The molecule has 0 atom stereocenters. The molecule has 0 amide bonds. The quantitative estimate of drug-likeness (QED) is 0.834. The van der Waals surface area contributed by atoms with E-state index < -0.39 is 29.1 Å². The van der Waals surface area contributed by atoms with Gasteiger partial charge in [-0.15, -0.1) is 0 Å². The number of carbonyl (C=O) groups is 1. The highest BCUT2D eigenvalue weighted by Crippen LogP contribution is 2.35. The van der Waals surface area contributed by atoms with Crippen molar-refractivity contribution in [3.8, 4) is 0 Å². The van der Waals surface area contributed by atoms with Crippen LogP contribution in [0.3, 0.4) is 0 Å². The number of rotatable bonds is 3. The summed E-state index contributed by atoms with van der Waals surface area (Å²) >= 11 is 0.888. The third-order valence-electron chi connectivity index (χ3n) is 2.56. The molecule has 21 heavy (non-hydrogen) atoms. The monoisotopic (exact) mass is 316 g/mol. The van der Waals surface area contributed by atoms with E-state index in [9.17, 15) is 22.4 Å². The first-order chi connectivity index (χ1) is 9.77. The Hall–Kier alpha value is -2.02. The van der Waals surface area contributed by atoms with Crippen molar-refractivity contribution in [3.05, 3.63) is 59.4 Å². The third kappa shape index (κ3) is 3.75. The number of aromatic carboxylic acids is 1. The molecule has 2 aromatic carbocycles. The Morgan fingerprint density at radius 3 is 2.38 bits per heavy atom. The molecule has 1 N–H and O–H groups in total. The highest BCUT2D eigenvalue weighted by atomic mass is 32.2. The zero-order chi connectivity index (χ0) is 15.6. The Bertz CT molecular complexity index is 683. The summed E-state index contributed by atoms with van der Waals surface area (Å²) in [5.74, 6) is -1.98. The molecule has 2 rings (SSSR count). The van der Waals surface area contributed by atoms with E-state index >= 15 is 0 Å². The molecule has 0 radical (unpaired) electrons. The summed E-state index contributed by atoms with van der Waals surface area (Å²) in [5, 5.41) is 9.03. The van der Waals surface area contributed by atoms with Gasteiger partial charge in [0.2, 0.25) is 0 Å². The summed E-state index contributed by atoms with van der Waals surface area (Å²) < 4.78 is 50.9. The maximum absolute atomic E-state index is 13.1. The number of halogens is 4. The Kier molecular flexibility index (Phi) is 4.22. The van der Waals surface area contributed by atoms with Crippen molar-refractivity contribution >= 4 is 17.7 Å². The minimum atomic E-state index is -4.62. The van der Waals surface area contributed by atoms with Crippen LogP contribution in [0.15, 0.2) is 52.3 Å². The van der Waals surface area contributed by atoms with Crippen molar-refractivity contribution in [2.75, 3.05) is 0 Å². The molecule has 2 aromatic rings. The molecule has 0 unspecified atom stereocenters. The zero-order valence-corrected chi connectivity index (χ0v) is 11.1. The fourth-order valence-corrected chi connectivity index (χ4v) is 2.58. The van der Waals surface area contributed by atoms with Crippen LogP contribution in [0.25, 0.3) is 0 Å². The van der Waals surface area contributed by atoms with E-state index in [2.05, 4.69) is 0 Å². The Labute approximate surface area is 121 Å². The maximum atomic E-state index is 13.1. The van der Waals surface area contributed by atoms with Gasteiger partial charge in [0.1, 0.15) is 5.82 Å². The molecular formula is C14H8F4O2S. The van der Waals surface area contributed by atoms with E-state index in [-0.39, 0.29) is 4.90 Å². The first kappa shape index (κ1) is 15.4. The Morgan fingerprint density at radius 1 is 1.10 bits per heavy atom. The molecule has 0 aliphatic heterocycles. The summed E-state index contributed by atoms with van der Waals surface area (Å²) in [5.41, 5.74) is -1.51. The summed E-state index contributed by atoms with van der Waals surface area (Å²) in [6, 6.07) is 7.81. The molecule has 0 fully saturated rings. The first-order valence-corrected chi connectivity index (χ1v) is 6.47. The van der Waals surface area contributed by atoms with E-state index in [1.807, 2.05) is 0 Å². The normalized spacial score (nSPS) is 11.4. The van der Waals surface area contributed by atoms with Crippen LogP contribution in [0.2, 0.25) is 0 Å². The predicted octanol–water partition coefficient (Wildman–Crippen LogP) is 4.69. The lowest BCUT2D eigenvalue weighted by molar-refractivity contribution is -0.137.